The second-order valence-electron chi connectivity index (χ2n) is 3.17. The molecule has 0 saturated heterocycles. The first-order valence-corrected chi connectivity index (χ1v) is 5.35. The van der Waals surface area contributed by atoms with E-state index in [9.17, 15) is 4.79 Å². The van der Waals surface area contributed by atoms with Gasteiger partial charge in [-0.25, -0.2) is 4.79 Å². The van der Waals surface area contributed by atoms with Crippen molar-refractivity contribution in [1.82, 2.24) is 5.32 Å². The Balaban J connectivity index is 2.11. The van der Waals surface area contributed by atoms with Crippen molar-refractivity contribution in [3.63, 3.8) is 0 Å². The largest absolute Gasteiger partial charge is 0.447 e. The van der Waals surface area contributed by atoms with Gasteiger partial charge >= 0.3 is 6.09 Å². The standard InChI is InChI=1S/C12H17NO3/c1-2-15-8-9-16-12(14)13-10-11-6-4-3-5-7-11/h3-7H,2,8-10H2,1H3,(H,13,14). The van der Waals surface area contributed by atoms with Crippen molar-refractivity contribution in [1.29, 1.82) is 0 Å². The van der Waals surface area contributed by atoms with Crippen LogP contribution in [-0.4, -0.2) is 25.9 Å². The fourth-order valence-electron chi connectivity index (χ4n) is 1.16. The molecule has 1 N–H and O–H groups in total. The van der Waals surface area contributed by atoms with E-state index in [1.165, 1.54) is 0 Å². The van der Waals surface area contributed by atoms with E-state index in [0.29, 0.717) is 19.8 Å². The molecule has 0 saturated carbocycles. The summed E-state index contributed by atoms with van der Waals surface area (Å²) in [6.45, 7) is 3.74. The lowest BCUT2D eigenvalue weighted by Crippen LogP contribution is -2.25. The molecular formula is C12H17NO3. The van der Waals surface area contributed by atoms with Crippen molar-refractivity contribution in [3.8, 4) is 0 Å². The first-order valence-electron chi connectivity index (χ1n) is 5.35. The Morgan fingerprint density at radius 2 is 2.00 bits per heavy atom. The molecule has 0 aliphatic carbocycles. The van der Waals surface area contributed by atoms with Crippen LogP contribution < -0.4 is 5.32 Å². The summed E-state index contributed by atoms with van der Waals surface area (Å²) in [5, 5.41) is 2.66. The highest BCUT2D eigenvalue weighted by molar-refractivity contribution is 5.67. The topological polar surface area (TPSA) is 47.6 Å². The smallest absolute Gasteiger partial charge is 0.407 e. The third-order valence-corrected chi connectivity index (χ3v) is 1.94. The fraction of sp³-hybridized carbons (Fsp3) is 0.417. The van der Waals surface area contributed by atoms with E-state index < -0.39 is 6.09 Å². The zero-order valence-electron chi connectivity index (χ0n) is 9.44. The van der Waals surface area contributed by atoms with Crippen LogP contribution in [0.4, 0.5) is 4.79 Å². The van der Waals surface area contributed by atoms with Crippen molar-refractivity contribution in [2.24, 2.45) is 0 Å². The highest BCUT2D eigenvalue weighted by Crippen LogP contribution is 1.97. The van der Waals surface area contributed by atoms with Crippen LogP contribution in [0.3, 0.4) is 0 Å². The van der Waals surface area contributed by atoms with Crippen LogP contribution in [0.2, 0.25) is 0 Å². The van der Waals surface area contributed by atoms with Gasteiger partial charge in [0.25, 0.3) is 0 Å². The molecular weight excluding hydrogens is 206 g/mol. The summed E-state index contributed by atoms with van der Waals surface area (Å²) < 4.78 is 9.93. The lowest BCUT2D eigenvalue weighted by Gasteiger charge is -2.06. The van der Waals surface area contributed by atoms with Crippen molar-refractivity contribution in [3.05, 3.63) is 35.9 Å². The first kappa shape index (κ1) is 12.5. The van der Waals surface area contributed by atoms with E-state index in [0.717, 1.165) is 5.56 Å². The average Bonchev–Trinajstić information content (AvgIpc) is 2.33. The zero-order valence-corrected chi connectivity index (χ0v) is 9.44. The molecule has 0 fully saturated rings. The Morgan fingerprint density at radius 1 is 1.25 bits per heavy atom. The molecule has 1 aromatic rings. The summed E-state index contributed by atoms with van der Waals surface area (Å²) in [7, 11) is 0. The SMILES string of the molecule is CCOCCOC(=O)NCc1ccccc1. The monoisotopic (exact) mass is 223 g/mol. The maximum absolute atomic E-state index is 11.2. The molecule has 0 aliphatic heterocycles. The molecule has 0 unspecified atom stereocenters. The Hall–Kier alpha value is -1.55. The number of carbonyl (C=O) groups is 1. The van der Waals surface area contributed by atoms with Gasteiger partial charge in [0, 0.05) is 13.2 Å². The Labute approximate surface area is 95.6 Å². The maximum Gasteiger partial charge on any atom is 0.407 e. The van der Waals surface area contributed by atoms with Crippen LogP contribution in [-0.2, 0) is 16.0 Å². The van der Waals surface area contributed by atoms with Gasteiger partial charge in [-0.1, -0.05) is 30.3 Å². The molecule has 16 heavy (non-hydrogen) atoms. The zero-order chi connectivity index (χ0) is 11.6. The summed E-state index contributed by atoms with van der Waals surface area (Å²) in [6, 6.07) is 9.68. The van der Waals surface area contributed by atoms with Crippen LogP contribution in [0.15, 0.2) is 30.3 Å². The first-order chi connectivity index (χ1) is 7.83. The van der Waals surface area contributed by atoms with Gasteiger partial charge in [0.1, 0.15) is 6.61 Å². The third kappa shape index (κ3) is 5.36. The van der Waals surface area contributed by atoms with Gasteiger partial charge in [-0.3, -0.25) is 0 Å². The van der Waals surface area contributed by atoms with Gasteiger partial charge in [-0.2, -0.15) is 0 Å². The number of hydrogen-bond donors (Lipinski definition) is 1. The number of benzene rings is 1. The lowest BCUT2D eigenvalue weighted by molar-refractivity contribution is 0.0786. The minimum Gasteiger partial charge on any atom is -0.447 e. The quantitative estimate of drug-likeness (QED) is 0.750. The highest BCUT2D eigenvalue weighted by atomic mass is 16.6. The van der Waals surface area contributed by atoms with Gasteiger partial charge in [0.2, 0.25) is 0 Å². The third-order valence-electron chi connectivity index (χ3n) is 1.94. The van der Waals surface area contributed by atoms with E-state index in [-0.39, 0.29) is 6.61 Å². The van der Waals surface area contributed by atoms with E-state index in [2.05, 4.69) is 5.32 Å². The van der Waals surface area contributed by atoms with Crippen molar-refractivity contribution in [2.75, 3.05) is 19.8 Å². The van der Waals surface area contributed by atoms with Crippen LogP contribution in [0.5, 0.6) is 0 Å². The summed E-state index contributed by atoms with van der Waals surface area (Å²) >= 11 is 0. The van der Waals surface area contributed by atoms with Gasteiger partial charge < -0.3 is 14.8 Å². The van der Waals surface area contributed by atoms with Crippen LogP contribution in [0.25, 0.3) is 0 Å². The van der Waals surface area contributed by atoms with Crippen molar-refractivity contribution in [2.45, 2.75) is 13.5 Å². The number of ether oxygens (including phenoxy) is 2. The average molecular weight is 223 g/mol. The Bertz CT molecular complexity index is 300. The van der Waals surface area contributed by atoms with Crippen LogP contribution >= 0.6 is 0 Å². The Kier molecular flexibility index (Phi) is 6.03. The molecule has 1 rings (SSSR count). The molecule has 88 valence electrons. The summed E-state index contributed by atoms with van der Waals surface area (Å²) in [5.74, 6) is 0. The second-order valence-corrected chi connectivity index (χ2v) is 3.17. The lowest BCUT2D eigenvalue weighted by atomic mass is 10.2. The van der Waals surface area contributed by atoms with E-state index in [1.54, 1.807) is 0 Å². The van der Waals surface area contributed by atoms with Gasteiger partial charge in [-0.15, -0.1) is 0 Å². The minimum atomic E-state index is -0.413. The van der Waals surface area contributed by atoms with Crippen LogP contribution in [0, 0.1) is 0 Å². The van der Waals surface area contributed by atoms with Crippen molar-refractivity contribution < 1.29 is 14.3 Å². The molecule has 0 atom stereocenters. The van der Waals surface area contributed by atoms with Gasteiger partial charge in [0.15, 0.2) is 0 Å². The number of amides is 1. The molecule has 0 aromatic heterocycles. The number of hydrogen-bond acceptors (Lipinski definition) is 3. The minimum absolute atomic E-state index is 0.286. The molecule has 1 aromatic carbocycles. The summed E-state index contributed by atoms with van der Waals surface area (Å²) in [4.78, 5) is 11.2. The normalized spacial score (nSPS) is 9.81. The van der Waals surface area contributed by atoms with E-state index in [4.69, 9.17) is 9.47 Å². The van der Waals surface area contributed by atoms with Crippen LogP contribution in [0.1, 0.15) is 12.5 Å². The number of carbonyl (C=O) groups excluding carboxylic acids is 1. The Morgan fingerprint density at radius 3 is 2.69 bits per heavy atom. The molecule has 0 heterocycles. The molecule has 0 spiro atoms. The summed E-state index contributed by atoms with van der Waals surface area (Å²) in [6.07, 6.45) is -0.413. The van der Waals surface area contributed by atoms with Gasteiger partial charge in [-0.05, 0) is 12.5 Å². The fourth-order valence-corrected chi connectivity index (χ4v) is 1.16. The predicted octanol–water partition coefficient (Wildman–Crippen LogP) is 1.95. The molecule has 4 nitrogen and oxygen atoms in total. The van der Waals surface area contributed by atoms with E-state index in [1.807, 2.05) is 37.3 Å². The number of rotatable bonds is 6. The second kappa shape index (κ2) is 7.70. The summed E-state index contributed by atoms with van der Waals surface area (Å²) in [5.41, 5.74) is 1.05. The molecule has 0 aliphatic rings. The van der Waals surface area contributed by atoms with Crippen molar-refractivity contribution >= 4 is 6.09 Å². The molecule has 1 amide bonds. The van der Waals surface area contributed by atoms with Gasteiger partial charge in [0.05, 0.1) is 6.61 Å². The van der Waals surface area contributed by atoms with E-state index >= 15 is 0 Å². The molecule has 0 bridgehead atoms. The highest BCUT2D eigenvalue weighted by Gasteiger charge is 2.00. The number of alkyl carbamates (subject to hydrolysis) is 1. The number of nitrogens with one attached hydrogen (secondary N) is 1. The predicted molar refractivity (Wildman–Crippen MR) is 61.1 cm³/mol. The maximum atomic E-state index is 11.2. The molecule has 4 heteroatoms. The molecule has 0 radical (unpaired) electrons.